The first-order valence-electron chi connectivity index (χ1n) is 9.16. The molecule has 24 heavy (non-hydrogen) atoms. The van der Waals surface area contributed by atoms with Gasteiger partial charge in [0.25, 0.3) is 0 Å². The molecule has 6 heteroatoms. The molecule has 0 spiro atoms. The third-order valence-electron chi connectivity index (χ3n) is 4.31. The van der Waals surface area contributed by atoms with Crippen molar-refractivity contribution < 1.29 is 4.79 Å². The summed E-state index contributed by atoms with van der Waals surface area (Å²) in [4.78, 5) is 24.1. The Bertz CT molecular complexity index is 585. The van der Waals surface area contributed by atoms with Crippen LogP contribution in [-0.2, 0) is 4.79 Å². The lowest BCUT2D eigenvalue weighted by molar-refractivity contribution is -0.116. The van der Waals surface area contributed by atoms with Gasteiger partial charge >= 0.3 is 0 Å². The lowest BCUT2D eigenvalue weighted by Gasteiger charge is -2.36. The lowest BCUT2D eigenvalue weighted by Crippen LogP contribution is -2.52. The number of fused-ring (bicyclic) bond motifs is 3. The van der Waals surface area contributed by atoms with E-state index in [1.807, 2.05) is 13.8 Å². The molecule has 0 bridgehead atoms. The van der Waals surface area contributed by atoms with E-state index in [1.165, 1.54) is 0 Å². The Labute approximate surface area is 145 Å². The smallest absolute Gasteiger partial charge is 0.226 e. The van der Waals surface area contributed by atoms with Gasteiger partial charge in [-0.25, -0.2) is 9.97 Å². The number of nitrogens with one attached hydrogen (secondary N) is 2. The Morgan fingerprint density at radius 3 is 2.46 bits per heavy atom. The molecular weight excluding hydrogens is 302 g/mol. The van der Waals surface area contributed by atoms with Gasteiger partial charge in [-0.05, 0) is 5.92 Å². The van der Waals surface area contributed by atoms with Crippen LogP contribution in [-0.4, -0.2) is 41.6 Å². The van der Waals surface area contributed by atoms with Crippen molar-refractivity contribution in [2.45, 2.75) is 65.8 Å². The van der Waals surface area contributed by atoms with Crippen molar-refractivity contribution in [3.8, 4) is 0 Å². The van der Waals surface area contributed by atoms with E-state index in [1.54, 1.807) is 0 Å². The molecular formula is C18H31N5O. The van der Waals surface area contributed by atoms with Crippen molar-refractivity contribution in [2.75, 3.05) is 29.9 Å². The van der Waals surface area contributed by atoms with Crippen LogP contribution in [0.25, 0.3) is 0 Å². The van der Waals surface area contributed by atoms with Crippen molar-refractivity contribution in [3.63, 3.8) is 0 Å². The maximum Gasteiger partial charge on any atom is 0.226 e. The second-order valence-corrected chi connectivity index (χ2v) is 6.78. The quantitative estimate of drug-likeness (QED) is 0.871. The molecule has 3 rings (SSSR count). The zero-order valence-electron chi connectivity index (χ0n) is 15.8. The van der Waals surface area contributed by atoms with Gasteiger partial charge in [0.15, 0.2) is 5.82 Å². The van der Waals surface area contributed by atoms with Gasteiger partial charge < -0.3 is 15.5 Å². The zero-order chi connectivity index (χ0) is 17.9. The minimum atomic E-state index is 0.0558. The first kappa shape index (κ1) is 18.6. The van der Waals surface area contributed by atoms with Gasteiger partial charge in [0.05, 0.1) is 11.7 Å². The van der Waals surface area contributed by atoms with E-state index in [4.69, 9.17) is 9.97 Å². The van der Waals surface area contributed by atoms with E-state index in [9.17, 15) is 4.79 Å². The Balaban J connectivity index is 0.00000100. The molecule has 0 radical (unpaired) electrons. The van der Waals surface area contributed by atoms with E-state index >= 15 is 0 Å². The molecule has 6 nitrogen and oxygen atoms in total. The zero-order valence-corrected chi connectivity index (χ0v) is 15.8. The number of carbonyl (C=O) groups excluding carboxylic acids is 1. The highest BCUT2D eigenvalue weighted by molar-refractivity contribution is 5.96. The first-order valence-corrected chi connectivity index (χ1v) is 9.16. The topological polar surface area (TPSA) is 70.2 Å². The average molecular weight is 333 g/mol. The molecule has 1 unspecified atom stereocenters. The van der Waals surface area contributed by atoms with Crippen LogP contribution < -0.4 is 15.5 Å². The Hall–Kier alpha value is -1.69. The van der Waals surface area contributed by atoms with Crippen LogP contribution in [0.3, 0.4) is 0 Å². The van der Waals surface area contributed by atoms with Gasteiger partial charge in [0.2, 0.25) is 5.91 Å². The van der Waals surface area contributed by atoms with Gasteiger partial charge in [-0.15, -0.1) is 0 Å². The van der Waals surface area contributed by atoms with Crippen LogP contribution in [0.4, 0.5) is 11.5 Å². The van der Waals surface area contributed by atoms with Crippen LogP contribution >= 0.6 is 0 Å². The second kappa shape index (κ2) is 7.92. The van der Waals surface area contributed by atoms with Crippen LogP contribution in [0.1, 0.15) is 71.3 Å². The molecule has 1 amide bonds. The number of piperazine rings is 1. The monoisotopic (exact) mass is 333 g/mol. The van der Waals surface area contributed by atoms with Gasteiger partial charge in [0.1, 0.15) is 11.5 Å². The molecule has 1 fully saturated rings. The fourth-order valence-electron chi connectivity index (χ4n) is 3.11. The second-order valence-electron chi connectivity index (χ2n) is 6.78. The summed E-state index contributed by atoms with van der Waals surface area (Å²) in [5.74, 6) is 2.33. The Morgan fingerprint density at radius 1 is 1.12 bits per heavy atom. The Kier molecular flexibility index (Phi) is 6.15. The van der Waals surface area contributed by atoms with Crippen molar-refractivity contribution in [3.05, 3.63) is 11.5 Å². The molecule has 1 aromatic rings. The normalized spacial score (nSPS) is 19.9. The molecule has 0 aromatic carbocycles. The predicted molar refractivity (Wildman–Crippen MR) is 98.8 cm³/mol. The van der Waals surface area contributed by atoms with Gasteiger partial charge in [-0.2, -0.15) is 0 Å². The lowest BCUT2D eigenvalue weighted by atomic mass is 10.1. The van der Waals surface area contributed by atoms with E-state index in [0.29, 0.717) is 6.42 Å². The minimum absolute atomic E-state index is 0.0558. The van der Waals surface area contributed by atoms with Crippen molar-refractivity contribution in [1.82, 2.24) is 15.3 Å². The number of anilines is 2. The summed E-state index contributed by atoms with van der Waals surface area (Å²) >= 11 is 0. The summed E-state index contributed by atoms with van der Waals surface area (Å²) in [6.45, 7) is 15.1. The number of carbonyl (C=O) groups is 1. The first-order chi connectivity index (χ1) is 11.5. The summed E-state index contributed by atoms with van der Waals surface area (Å²) in [6, 6.07) is 0.171. The van der Waals surface area contributed by atoms with Crippen LogP contribution in [0.2, 0.25) is 0 Å². The molecule has 3 heterocycles. The summed E-state index contributed by atoms with van der Waals surface area (Å²) in [6.07, 6.45) is 0.498. The molecule has 134 valence electrons. The van der Waals surface area contributed by atoms with Crippen LogP contribution in [0, 0.1) is 0 Å². The number of aromatic nitrogens is 2. The fourth-order valence-corrected chi connectivity index (χ4v) is 3.11. The number of amides is 1. The number of hydrogen-bond donors (Lipinski definition) is 2. The van der Waals surface area contributed by atoms with E-state index in [0.717, 1.165) is 42.7 Å². The third kappa shape index (κ3) is 3.69. The largest absolute Gasteiger partial charge is 0.349 e. The fraction of sp³-hybridized carbons (Fsp3) is 0.722. The van der Waals surface area contributed by atoms with Crippen molar-refractivity contribution in [1.29, 1.82) is 0 Å². The van der Waals surface area contributed by atoms with Gasteiger partial charge in [-0.1, -0.05) is 41.5 Å². The highest BCUT2D eigenvalue weighted by Crippen LogP contribution is 2.36. The molecule has 0 aliphatic carbocycles. The standard InChI is InChI=1S/C16H25N5O.C2H6/c1-9(2)13-14-16(20-15(19-13)10(3)4)21-6-5-17-8-11(21)7-12(22)18-14;1-2/h9-11,17H,5-8H2,1-4H3,(H,18,22);1-2H3. The molecule has 1 saturated heterocycles. The summed E-state index contributed by atoms with van der Waals surface area (Å²) in [5.41, 5.74) is 1.76. The van der Waals surface area contributed by atoms with E-state index < -0.39 is 0 Å². The predicted octanol–water partition coefficient (Wildman–Crippen LogP) is 2.87. The minimum Gasteiger partial charge on any atom is -0.349 e. The molecule has 2 N–H and O–H groups in total. The Morgan fingerprint density at radius 2 is 1.83 bits per heavy atom. The molecule has 2 aliphatic rings. The SMILES string of the molecule is CC.CC(C)c1nc(C(C)C)c2c(n1)N1CCNCC1CC(=O)N2. The van der Waals surface area contributed by atoms with Crippen molar-refractivity contribution in [2.24, 2.45) is 0 Å². The number of rotatable bonds is 2. The molecule has 1 aromatic heterocycles. The summed E-state index contributed by atoms with van der Waals surface area (Å²) in [7, 11) is 0. The maximum atomic E-state index is 12.3. The highest BCUT2D eigenvalue weighted by Gasteiger charge is 2.33. The summed E-state index contributed by atoms with van der Waals surface area (Å²) < 4.78 is 0. The maximum absolute atomic E-state index is 12.3. The van der Waals surface area contributed by atoms with Gasteiger partial charge in [-0.3, -0.25) is 4.79 Å². The van der Waals surface area contributed by atoms with E-state index in [2.05, 4.69) is 43.2 Å². The van der Waals surface area contributed by atoms with Crippen molar-refractivity contribution >= 4 is 17.4 Å². The average Bonchev–Trinajstić information content (AvgIpc) is 2.70. The number of nitrogens with zero attached hydrogens (tertiary/aromatic N) is 3. The molecule has 0 saturated carbocycles. The van der Waals surface area contributed by atoms with Gasteiger partial charge in [0, 0.05) is 32.0 Å². The van der Waals surface area contributed by atoms with Crippen LogP contribution in [0.5, 0.6) is 0 Å². The number of hydrogen-bond acceptors (Lipinski definition) is 5. The molecule has 1 atom stereocenters. The third-order valence-corrected chi connectivity index (χ3v) is 4.31. The molecule has 2 aliphatic heterocycles. The van der Waals surface area contributed by atoms with E-state index in [-0.39, 0.29) is 23.8 Å². The summed E-state index contributed by atoms with van der Waals surface area (Å²) in [5, 5.41) is 6.43. The highest BCUT2D eigenvalue weighted by atomic mass is 16.1. The van der Waals surface area contributed by atoms with Crippen LogP contribution in [0.15, 0.2) is 0 Å².